The van der Waals surface area contributed by atoms with Crippen molar-refractivity contribution in [3.8, 4) is 0 Å². The minimum absolute atomic E-state index is 0.494. The second kappa shape index (κ2) is 3.46. The summed E-state index contributed by atoms with van der Waals surface area (Å²) in [6, 6.07) is 0. The molecule has 0 aromatic heterocycles. The molecule has 1 rings (SSSR count). The summed E-state index contributed by atoms with van der Waals surface area (Å²) in [6.07, 6.45) is -7.38. The Balaban J connectivity index is 2.79. The van der Waals surface area contributed by atoms with Crippen molar-refractivity contribution in [2.45, 2.75) is 30.4 Å². The SMILES string of the molecule is OC(O)C1(O)OC[C@@H](O)[C@H](O)[C@H]1O. The monoisotopic (exact) mass is 196 g/mol. The van der Waals surface area contributed by atoms with Crippen LogP contribution in [0.4, 0.5) is 0 Å². The maximum atomic E-state index is 9.26. The van der Waals surface area contributed by atoms with Crippen LogP contribution in [0.1, 0.15) is 0 Å². The topological polar surface area (TPSA) is 131 Å². The minimum Gasteiger partial charge on any atom is -0.388 e. The van der Waals surface area contributed by atoms with Gasteiger partial charge in [-0.05, 0) is 0 Å². The van der Waals surface area contributed by atoms with E-state index in [1.54, 1.807) is 0 Å². The van der Waals surface area contributed by atoms with E-state index < -0.39 is 37.0 Å². The van der Waals surface area contributed by atoms with Crippen molar-refractivity contribution in [3.05, 3.63) is 0 Å². The van der Waals surface area contributed by atoms with E-state index in [4.69, 9.17) is 25.5 Å². The number of hydrogen-bond acceptors (Lipinski definition) is 7. The Morgan fingerprint density at radius 2 is 1.77 bits per heavy atom. The number of aliphatic hydroxyl groups excluding tert-OH is 4. The molecule has 1 fully saturated rings. The van der Waals surface area contributed by atoms with E-state index in [1.165, 1.54) is 0 Å². The summed E-state index contributed by atoms with van der Waals surface area (Å²) < 4.78 is 4.42. The lowest BCUT2D eigenvalue weighted by Crippen LogP contribution is -2.65. The van der Waals surface area contributed by atoms with Crippen LogP contribution in [0.15, 0.2) is 0 Å². The Hall–Kier alpha value is -0.280. The van der Waals surface area contributed by atoms with Gasteiger partial charge in [0.1, 0.15) is 18.3 Å². The van der Waals surface area contributed by atoms with Gasteiger partial charge in [-0.2, -0.15) is 0 Å². The highest BCUT2D eigenvalue weighted by molar-refractivity contribution is 4.92. The van der Waals surface area contributed by atoms with E-state index in [2.05, 4.69) is 4.74 Å². The zero-order valence-corrected chi connectivity index (χ0v) is 6.61. The molecular formula is C6H12O7. The third-order valence-electron chi connectivity index (χ3n) is 2.00. The first-order chi connectivity index (χ1) is 5.89. The molecule has 0 saturated carbocycles. The summed E-state index contributed by atoms with van der Waals surface area (Å²) in [4.78, 5) is 0. The molecule has 0 spiro atoms. The molecule has 0 bridgehead atoms. The molecule has 78 valence electrons. The Kier molecular flexibility index (Phi) is 2.88. The molecule has 0 aromatic carbocycles. The molecule has 0 aliphatic carbocycles. The number of aliphatic hydroxyl groups is 6. The predicted octanol–water partition coefficient (Wildman–Crippen LogP) is -3.90. The van der Waals surface area contributed by atoms with Gasteiger partial charge in [0.2, 0.25) is 12.1 Å². The smallest absolute Gasteiger partial charge is 0.247 e. The van der Waals surface area contributed by atoms with E-state index in [0.29, 0.717) is 0 Å². The maximum absolute atomic E-state index is 9.26. The van der Waals surface area contributed by atoms with Gasteiger partial charge in [-0.3, -0.25) is 0 Å². The highest BCUT2D eigenvalue weighted by Gasteiger charge is 2.52. The summed E-state index contributed by atoms with van der Waals surface area (Å²) in [6.45, 7) is -0.494. The molecule has 6 N–H and O–H groups in total. The molecule has 7 heteroatoms. The van der Waals surface area contributed by atoms with E-state index in [0.717, 1.165) is 0 Å². The van der Waals surface area contributed by atoms with Gasteiger partial charge < -0.3 is 35.4 Å². The van der Waals surface area contributed by atoms with Crippen LogP contribution >= 0.6 is 0 Å². The third kappa shape index (κ3) is 1.67. The first-order valence-corrected chi connectivity index (χ1v) is 3.66. The second-order valence-electron chi connectivity index (χ2n) is 2.94. The Morgan fingerprint density at radius 3 is 2.23 bits per heavy atom. The van der Waals surface area contributed by atoms with Crippen LogP contribution < -0.4 is 0 Å². The molecule has 0 radical (unpaired) electrons. The molecule has 1 saturated heterocycles. The highest BCUT2D eigenvalue weighted by Crippen LogP contribution is 2.25. The quantitative estimate of drug-likeness (QED) is 0.236. The Labute approximate surface area is 73.4 Å². The lowest BCUT2D eigenvalue weighted by atomic mass is 9.96. The summed E-state index contributed by atoms with van der Waals surface area (Å²) >= 11 is 0. The molecule has 4 atom stereocenters. The first kappa shape index (κ1) is 10.8. The molecule has 1 aliphatic heterocycles. The van der Waals surface area contributed by atoms with Crippen LogP contribution in [-0.4, -0.2) is 67.6 Å². The van der Waals surface area contributed by atoms with Crippen molar-refractivity contribution in [1.82, 2.24) is 0 Å². The summed E-state index contributed by atoms with van der Waals surface area (Å²) in [5.74, 6) is -2.65. The third-order valence-corrected chi connectivity index (χ3v) is 2.00. The van der Waals surface area contributed by atoms with E-state index in [1.807, 2.05) is 0 Å². The predicted molar refractivity (Wildman–Crippen MR) is 37.1 cm³/mol. The molecule has 0 aromatic rings. The molecule has 1 aliphatic rings. The number of ether oxygens (including phenoxy) is 1. The fourth-order valence-corrected chi connectivity index (χ4v) is 1.09. The van der Waals surface area contributed by atoms with E-state index >= 15 is 0 Å². The van der Waals surface area contributed by atoms with Crippen molar-refractivity contribution >= 4 is 0 Å². The van der Waals surface area contributed by atoms with Crippen molar-refractivity contribution in [2.75, 3.05) is 6.61 Å². The summed E-state index contributed by atoms with van der Waals surface area (Å²) in [5.41, 5.74) is 0. The van der Waals surface area contributed by atoms with Gasteiger partial charge in [-0.25, -0.2) is 0 Å². The van der Waals surface area contributed by atoms with Crippen LogP contribution in [0, 0.1) is 0 Å². The van der Waals surface area contributed by atoms with Crippen LogP contribution in [-0.2, 0) is 4.74 Å². The van der Waals surface area contributed by atoms with Crippen LogP contribution in [0.3, 0.4) is 0 Å². The average Bonchev–Trinajstić information content (AvgIpc) is 2.08. The van der Waals surface area contributed by atoms with Gasteiger partial charge >= 0.3 is 0 Å². The number of hydrogen-bond donors (Lipinski definition) is 6. The Bertz CT molecular complexity index is 184. The molecule has 0 amide bonds. The van der Waals surface area contributed by atoms with E-state index in [-0.39, 0.29) is 0 Å². The normalized spacial score (nSPS) is 46.8. The lowest BCUT2D eigenvalue weighted by Gasteiger charge is -2.42. The fraction of sp³-hybridized carbons (Fsp3) is 1.00. The summed E-state index contributed by atoms with van der Waals surface area (Å²) in [5, 5.41) is 53.7. The zero-order chi connectivity index (χ0) is 10.2. The first-order valence-electron chi connectivity index (χ1n) is 3.66. The Morgan fingerprint density at radius 1 is 1.23 bits per heavy atom. The summed E-state index contributed by atoms with van der Waals surface area (Å²) in [7, 11) is 0. The van der Waals surface area contributed by atoms with Gasteiger partial charge in [0.15, 0.2) is 0 Å². The van der Waals surface area contributed by atoms with Crippen molar-refractivity contribution < 1.29 is 35.4 Å². The van der Waals surface area contributed by atoms with Gasteiger partial charge in [0.25, 0.3) is 0 Å². The molecule has 13 heavy (non-hydrogen) atoms. The van der Waals surface area contributed by atoms with Crippen LogP contribution in [0.5, 0.6) is 0 Å². The molecular weight excluding hydrogens is 184 g/mol. The van der Waals surface area contributed by atoms with Crippen LogP contribution in [0.25, 0.3) is 0 Å². The average molecular weight is 196 g/mol. The van der Waals surface area contributed by atoms with Crippen LogP contribution in [0.2, 0.25) is 0 Å². The van der Waals surface area contributed by atoms with E-state index in [9.17, 15) is 5.11 Å². The minimum atomic E-state index is -2.65. The zero-order valence-electron chi connectivity index (χ0n) is 6.61. The number of rotatable bonds is 1. The second-order valence-corrected chi connectivity index (χ2v) is 2.94. The van der Waals surface area contributed by atoms with Crippen molar-refractivity contribution in [1.29, 1.82) is 0 Å². The van der Waals surface area contributed by atoms with Crippen molar-refractivity contribution in [2.24, 2.45) is 0 Å². The molecule has 7 nitrogen and oxygen atoms in total. The standard InChI is InChI=1S/C6H12O7/c7-2-1-13-6(12,5(10)11)4(9)3(2)8/h2-5,7-12H,1H2/t2-,3+,4-,6?/m1/s1. The van der Waals surface area contributed by atoms with Gasteiger partial charge in [0.05, 0.1) is 6.61 Å². The van der Waals surface area contributed by atoms with Gasteiger partial charge in [-0.1, -0.05) is 0 Å². The molecule has 1 heterocycles. The van der Waals surface area contributed by atoms with Gasteiger partial charge in [0, 0.05) is 0 Å². The van der Waals surface area contributed by atoms with Crippen molar-refractivity contribution in [3.63, 3.8) is 0 Å². The molecule has 1 unspecified atom stereocenters. The largest absolute Gasteiger partial charge is 0.388 e. The lowest BCUT2D eigenvalue weighted by molar-refractivity contribution is -0.384. The fourth-order valence-electron chi connectivity index (χ4n) is 1.09. The highest BCUT2D eigenvalue weighted by atomic mass is 16.7. The maximum Gasteiger partial charge on any atom is 0.247 e. The van der Waals surface area contributed by atoms with Gasteiger partial charge in [-0.15, -0.1) is 0 Å².